The van der Waals surface area contributed by atoms with Crippen molar-refractivity contribution >= 4 is 11.6 Å². The van der Waals surface area contributed by atoms with Gasteiger partial charge in [-0.3, -0.25) is 4.90 Å². The van der Waals surface area contributed by atoms with Crippen molar-refractivity contribution in [3.05, 3.63) is 34.1 Å². The van der Waals surface area contributed by atoms with Crippen LogP contribution >= 0.6 is 11.6 Å². The van der Waals surface area contributed by atoms with Gasteiger partial charge in [0.2, 0.25) is 0 Å². The van der Waals surface area contributed by atoms with E-state index < -0.39 is 0 Å². The number of nitrogens with zero attached hydrogens (tertiary/aromatic N) is 1. The van der Waals surface area contributed by atoms with Crippen LogP contribution in [0.1, 0.15) is 37.8 Å². The second kappa shape index (κ2) is 7.57. The van der Waals surface area contributed by atoms with E-state index in [1.54, 1.807) is 13.0 Å². The molecule has 0 atom stereocenters. The van der Waals surface area contributed by atoms with Gasteiger partial charge in [-0.05, 0) is 50.4 Å². The molecule has 1 aliphatic rings. The molecule has 2 rings (SSSR count). The molecule has 1 heterocycles. The Kier molecular flexibility index (Phi) is 6.03. The first kappa shape index (κ1) is 16.7. The van der Waals surface area contributed by atoms with Gasteiger partial charge in [0.25, 0.3) is 0 Å². The molecule has 1 N–H and O–H groups in total. The van der Waals surface area contributed by atoms with Crippen LogP contribution in [0.15, 0.2) is 12.1 Å². The van der Waals surface area contributed by atoms with Crippen molar-refractivity contribution in [2.75, 3.05) is 19.6 Å². The van der Waals surface area contributed by atoms with E-state index in [0.717, 1.165) is 32.5 Å². The number of hydrogen-bond acceptors (Lipinski definition) is 2. The van der Waals surface area contributed by atoms with Crippen molar-refractivity contribution in [3.63, 3.8) is 0 Å². The fraction of sp³-hybridized carbons (Fsp3) is 0.647. The SMILES string of the molecule is Cc1ccc(Cl)c(CN(CC(C)C)C2CCNCC2)c1F. The van der Waals surface area contributed by atoms with Crippen LogP contribution in [-0.4, -0.2) is 30.6 Å². The van der Waals surface area contributed by atoms with Crippen LogP contribution in [0.3, 0.4) is 0 Å². The lowest BCUT2D eigenvalue weighted by Crippen LogP contribution is -2.44. The number of benzene rings is 1. The Hall–Kier alpha value is -0.640. The summed E-state index contributed by atoms with van der Waals surface area (Å²) in [5.74, 6) is 0.414. The molecule has 1 fully saturated rings. The van der Waals surface area contributed by atoms with Gasteiger partial charge in [-0.2, -0.15) is 0 Å². The molecule has 4 heteroatoms. The average Bonchev–Trinajstić information content (AvgIpc) is 2.47. The van der Waals surface area contributed by atoms with Crippen LogP contribution in [0, 0.1) is 18.7 Å². The van der Waals surface area contributed by atoms with Gasteiger partial charge in [0.1, 0.15) is 5.82 Å². The summed E-state index contributed by atoms with van der Waals surface area (Å²) in [5.41, 5.74) is 1.32. The summed E-state index contributed by atoms with van der Waals surface area (Å²) in [6.07, 6.45) is 2.25. The summed E-state index contributed by atoms with van der Waals surface area (Å²) in [7, 11) is 0. The quantitative estimate of drug-likeness (QED) is 0.884. The highest BCUT2D eigenvalue weighted by Crippen LogP contribution is 2.26. The number of halogens is 2. The standard InChI is InChI=1S/C17H26ClFN2/c1-12(2)10-21(14-6-8-20-9-7-14)11-15-16(18)5-4-13(3)17(15)19/h4-5,12,14,20H,6-11H2,1-3H3. The van der Waals surface area contributed by atoms with Crippen molar-refractivity contribution < 1.29 is 4.39 Å². The largest absolute Gasteiger partial charge is 0.317 e. The van der Waals surface area contributed by atoms with Crippen LogP contribution in [0.2, 0.25) is 5.02 Å². The first-order valence-corrected chi connectivity index (χ1v) is 8.25. The average molecular weight is 313 g/mol. The maximum atomic E-state index is 14.4. The predicted molar refractivity (Wildman–Crippen MR) is 87.3 cm³/mol. The highest BCUT2D eigenvalue weighted by atomic mass is 35.5. The zero-order valence-corrected chi connectivity index (χ0v) is 14.0. The molecule has 1 saturated heterocycles. The molecule has 0 unspecified atom stereocenters. The van der Waals surface area contributed by atoms with Gasteiger partial charge in [0.15, 0.2) is 0 Å². The molecule has 1 aromatic rings. The van der Waals surface area contributed by atoms with Crippen molar-refractivity contribution in [2.45, 2.75) is 46.2 Å². The smallest absolute Gasteiger partial charge is 0.132 e. The Morgan fingerprint density at radius 2 is 2.00 bits per heavy atom. The first-order valence-electron chi connectivity index (χ1n) is 7.87. The van der Waals surface area contributed by atoms with Crippen LogP contribution in [-0.2, 0) is 6.54 Å². The fourth-order valence-corrected chi connectivity index (χ4v) is 3.25. The van der Waals surface area contributed by atoms with Crippen molar-refractivity contribution in [3.8, 4) is 0 Å². The summed E-state index contributed by atoms with van der Waals surface area (Å²) in [5, 5.41) is 3.93. The molecule has 0 radical (unpaired) electrons. The van der Waals surface area contributed by atoms with E-state index in [0.29, 0.717) is 34.7 Å². The van der Waals surface area contributed by atoms with Gasteiger partial charge < -0.3 is 5.32 Å². The van der Waals surface area contributed by atoms with Gasteiger partial charge in [0, 0.05) is 29.7 Å². The molecule has 0 spiro atoms. The molecule has 0 aromatic heterocycles. The lowest BCUT2D eigenvalue weighted by Gasteiger charge is -2.36. The molecule has 2 nitrogen and oxygen atoms in total. The minimum Gasteiger partial charge on any atom is -0.317 e. The normalized spacial score (nSPS) is 16.9. The van der Waals surface area contributed by atoms with E-state index >= 15 is 0 Å². The van der Waals surface area contributed by atoms with E-state index in [2.05, 4.69) is 24.1 Å². The lowest BCUT2D eigenvalue weighted by molar-refractivity contribution is 0.136. The Morgan fingerprint density at radius 3 is 2.62 bits per heavy atom. The summed E-state index contributed by atoms with van der Waals surface area (Å²) < 4.78 is 14.4. The molecule has 0 amide bonds. The zero-order valence-electron chi connectivity index (χ0n) is 13.3. The summed E-state index contributed by atoms with van der Waals surface area (Å²) in [6, 6.07) is 4.08. The van der Waals surface area contributed by atoms with Crippen LogP contribution in [0.5, 0.6) is 0 Å². The maximum absolute atomic E-state index is 14.4. The summed E-state index contributed by atoms with van der Waals surface area (Å²) in [4.78, 5) is 2.41. The molecule has 21 heavy (non-hydrogen) atoms. The number of rotatable bonds is 5. The third-order valence-electron chi connectivity index (χ3n) is 4.17. The highest BCUT2D eigenvalue weighted by Gasteiger charge is 2.24. The molecular weight excluding hydrogens is 287 g/mol. The number of aryl methyl sites for hydroxylation is 1. The topological polar surface area (TPSA) is 15.3 Å². The van der Waals surface area contributed by atoms with E-state index in [9.17, 15) is 4.39 Å². The molecule has 0 saturated carbocycles. The van der Waals surface area contributed by atoms with Crippen molar-refractivity contribution in [1.82, 2.24) is 10.2 Å². The minimum atomic E-state index is -0.148. The number of hydrogen-bond donors (Lipinski definition) is 1. The third-order valence-corrected chi connectivity index (χ3v) is 4.52. The van der Waals surface area contributed by atoms with Crippen LogP contribution in [0.25, 0.3) is 0 Å². The summed E-state index contributed by atoms with van der Waals surface area (Å²) >= 11 is 6.24. The molecule has 1 aliphatic heterocycles. The van der Waals surface area contributed by atoms with Gasteiger partial charge in [0.05, 0.1) is 0 Å². The second-order valence-corrected chi connectivity index (χ2v) is 6.87. The lowest BCUT2D eigenvalue weighted by atomic mass is 10.0. The van der Waals surface area contributed by atoms with Crippen molar-refractivity contribution in [2.24, 2.45) is 5.92 Å². The molecule has 118 valence electrons. The van der Waals surface area contributed by atoms with E-state index in [-0.39, 0.29) is 5.82 Å². The second-order valence-electron chi connectivity index (χ2n) is 6.46. The fourth-order valence-electron chi connectivity index (χ4n) is 3.05. The molecular formula is C17H26ClFN2. The van der Waals surface area contributed by atoms with Crippen molar-refractivity contribution in [1.29, 1.82) is 0 Å². The monoisotopic (exact) mass is 312 g/mol. The first-order chi connectivity index (χ1) is 9.99. The van der Waals surface area contributed by atoms with E-state index in [1.807, 2.05) is 6.07 Å². The van der Waals surface area contributed by atoms with Gasteiger partial charge in [-0.1, -0.05) is 31.5 Å². The van der Waals surface area contributed by atoms with Crippen LogP contribution in [0.4, 0.5) is 4.39 Å². The zero-order chi connectivity index (χ0) is 15.4. The predicted octanol–water partition coefficient (Wildman–Crippen LogP) is 4.00. The Morgan fingerprint density at radius 1 is 1.33 bits per heavy atom. The Labute approximate surface area is 132 Å². The van der Waals surface area contributed by atoms with Gasteiger partial charge in [-0.25, -0.2) is 4.39 Å². The number of piperidine rings is 1. The number of nitrogens with one attached hydrogen (secondary N) is 1. The Balaban J connectivity index is 2.20. The Bertz CT molecular complexity index is 470. The molecule has 0 bridgehead atoms. The van der Waals surface area contributed by atoms with Crippen LogP contribution < -0.4 is 5.32 Å². The molecule has 0 aliphatic carbocycles. The van der Waals surface area contributed by atoms with Gasteiger partial charge in [-0.15, -0.1) is 0 Å². The van der Waals surface area contributed by atoms with E-state index in [1.165, 1.54) is 0 Å². The summed E-state index contributed by atoms with van der Waals surface area (Å²) in [6.45, 7) is 9.90. The molecule has 1 aromatic carbocycles. The highest BCUT2D eigenvalue weighted by molar-refractivity contribution is 6.31. The third kappa shape index (κ3) is 4.41. The maximum Gasteiger partial charge on any atom is 0.132 e. The van der Waals surface area contributed by atoms with Gasteiger partial charge >= 0.3 is 0 Å². The minimum absolute atomic E-state index is 0.148. The van der Waals surface area contributed by atoms with E-state index in [4.69, 9.17) is 11.6 Å².